The monoisotopic (exact) mass is 224 g/mol. The highest BCUT2D eigenvalue weighted by Gasteiger charge is 2.18. The maximum atomic E-state index is 11.9. The Kier molecular flexibility index (Phi) is 5.82. The van der Waals surface area contributed by atoms with Crippen molar-refractivity contribution in [1.82, 2.24) is 9.80 Å². The summed E-state index contributed by atoms with van der Waals surface area (Å²) < 4.78 is 5.21. The molecule has 0 aromatic rings. The second-order valence-electron chi connectivity index (χ2n) is 3.76. The van der Waals surface area contributed by atoms with E-state index in [-0.39, 0.29) is 5.91 Å². The topological polar surface area (TPSA) is 32.8 Å². The van der Waals surface area contributed by atoms with Crippen LogP contribution >= 0.6 is 0 Å². The van der Waals surface area contributed by atoms with E-state index in [0.29, 0.717) is 45.9 Å². The first-order valence-corrected chi connectivity index (χ1v) is 5.57. The zero-order valence-corrected chi connectivity index (χ0v) is 9.73. The smallest absolute Gasteiger partial charge is 0.236 e. The predicted octanol–water partition coefficient (Wildman–Crippen LogP) is 0.519. The van der Waals surface area contributed by atoms with Gasteiger partial charge in [0.2, 0.25) is 5.91 Å². The van der Waals surface area contributed by atoms with E-state index < -0.39 is 0 Å². The van der Waals surface area contributed by atoms with Crippen LogP contribution in [0.1, 0.15) is 0 Å². The lowest BCUT2D eigenvalue weighted by Crippen LogP contribution is -2.45. The third-order valence-corrected chi connectivity index (χ3v) is 2.50. The Balaban J connectivity index is 2.39. The van der Waals surface area contributed by atoms with Gasteiger partial charge in [0.1, 0.15) is 0 Å². The van der Waals surface area contributed by atoms with Crippen molar-refractivity contribution >= 4 is 5.91 Å². The minimum Gasteiger partial charge on any atom is -0.378 e. The normalized spacial score (nSPS) is 16.2. The fourth-order valence-corrected chi connectivity index (χ4v) is 1.67. The first kappa shape index (κ1) is 12.9. The zero-order chi connectivity index (χ0) is 11.8. The van der Waals surface area contributed by atoms with Gasteiger partial charge in [-0.2, -0.15) is 0 Å². The molecule has 0 saturated carbocycles. The molecule has 0 unspecified atom stereocenters. The summed E-state index contributed by atoms with van der Waals surface area (Å²) in [5.41, 5.74) is 0. The van der Waals surface area contributed by atoms with Gasteiger partial charge < -0.3 is 9.64 Å². The third kappa shape index (κ3) is 4.16. The van der Waals surface area contributed by atoms with Gasteiger partial charge in [-0.05, 0) is 0 Å². The highest BCUT2D eigenvalue weighted by Crippen LogP contribution is 1.99. The van der Waals surface area contributed by atoms with Crippen LogP contribution in [0.15, 0.2) is 25.3 Å². The van der Waals surface area contributed by atoms with Crippen molar-refractivity contribution in [3.8, 4) is 0 Å². The standard InChI is InChI=1S/C12H20N2O2/c1-3-5-13(6-4-2)11-12(15)14-7-9-16-10-8-14/h3-4H,1-2,5-11H2. The average Bonchev–Trinajstić information content (AvgIpc) is 2.31. The fraction of sp³-hybridized carbons (Fsp3) is 0.583. The summed E-state index contributed by atoms with van der Waals surface area (Å²) in [4.78, 5) is 15.8. The molecule has 0 radical (unpaired) electrons. The SMILES string of the molecule is C=CCN(CC=C)CC(=O)N1CCOCC1. The quantitative estimate of drug-likeness (QED) is 0.617. The Hall–Kier alpha value is -1.13. The molecule has 0 aromatic carbocycles. The molecule has 1 rings (SSSR count). The van der Waals surface area contributed by atoms with E-state index in [9.17, 15) is 4.79 Å². The summed E-state index contributed by atoms with van der Waals surface area (Å²) in [6.45, 7) is 11.9. The molecule has 0 aromatic heterocycles. The summed E-state index contributed by atoms with van der Waals surface area (Å²) >= 11 is 0. The Morgan fingerprint density at radius 2 is 1.81 bits per heavy atom. The summed E-state index contributed by atoms with van der Waals surface area (Å²) in [6, 6.07) is 0. The minimum absolute atomic E-state index is 0.159. The zero-order valence-electron chi connectivity index (χ0n) is 9.73. The molecule has 0 bridgehead atoms. The van der Waals surface area contributed by atoms with Gasteiger partial charge in [-0.15, -0.1) is 13.2 Å². The van der Waals surface area contributed by atoms with Crippen LogP contribution in [0.3, 0.4) is 0 Å². The van der Waals surface area contributed by atoms with Gasteiger partial charge in [-0.3, -0.25) is 9.69 Å². The highest BCUT2D eigenvalue weighted by molar-refractivity contribution is 5.78. The van der Waals surface area contributed by atoms with E-state index in [1.165, 1.54) is 0 Å². The molecule has 1 aliphatic heterocycles. The highest BCUT2D eigenvalue weighted by atomic mass is 16.5. The van der Waals surface area contributed by atoms with Gasteiger partial charge in [0, 0.05) is 26.2 Å². The van der Waals surface area contributed by atoms with Crippen molar-refractivity contribution in [2.75, 3.05) is 45.9 Å². The van der Waals surface area contributed by atoms with Crippen LogP contribution in [0.5, 0.6) is 0 Å². The van der Waals surface area contributed by atoms with E-state index in [0.717, 1.165) is 0 Å². The molecule has 90 valence electrons. The number of carbonyl (C=O) groups excluding carboxylic acids is 1. The van der Waals surface area contributed by atoms with Gasteiger partial charge in [0.15, 0.2) is 0 Å². The molecule has 1 aliphatic rings. The fourth-order valence-electron chi connectivity index (χ4n) is 1.67. The van der Waals surface area contributed by atoms with Gasteiger partial charge in [-0.1, -0.05) is 12.2 Å². The Morgan fingerprint density at radius 1 is 1.25 bits per heavy atom. The lowest BCUT2D eigenvalue weighted by Gasteiger charge is -2.29. The number of nitrogens with zero attached hydrogens (tertiary/aromatic N) is 2. The number of carbonyl (C=O) groups is 1. The average molecular weight is 224 g/mol. The molecular weight excluding hydrogens is 204 g/mol. The van der Waals surface area contributed by atoms with Crippen LogP contribution in [-0.4, -0.2) is 61.6 Å². The minimum atomic E-state index is 0.159. The van der Waals surface area contributed by atoms with Crippen LogP contribution < -0.4 is 0 Å². The van der Waals surface area contributed by atoms with Gasteiger partial charge in [0.05, 0.1) is 19.8 Å². The molecule has 16 heavy (non-hydrogen) atoms. The first-order chi connectivity index (χ1) is 7.77. The Morgan fingerprint density at radius 3 is 2.31 bits per heavy atom. The second kappa shape index (κ2) is 7.19. The third-order valence-electron chi connectivity index (χ3n) is 2.50. The van der Waals surface area contributed by atoms with Crippen LogP contribution in [0, 0.1) is 0 Å². The lowest BCUT2D eigenvalue weighted by atomic mass is 10.3. The van der Waals surface area contributed by atoms with E-state index in [4.69, 9.17) is 4.74 Å². The molecule has 4 heteroatoms. The lowest BCUT2D eigenvalue weighted by molar-refractivity contribution is -0.136. The predicted molar refractivity (Wildman–Crippen MR) is 64.2 cm³/mol. The number of amides is 1. The maximum Gasteiger partial charge on any atom is 0.236 e. The summed E-state index contributed by atoms with van der Waals surface area (Å²) in [5.74, 6) is 0.159. The van der Waals surface area contributed by atoms with Crippen molar-refractivity contribution < 1.29 is 9.53 Å². The van der Waals surface area contributed by atoms with E-state index >= 15 is 0 Å². The Labute approximate surface area is 97.2 Å². The number of morpholine rings is 1. The largest absolute Gasteiger partial charge is 0.378 e. The van der Waals surface area contributed by atoms with Crippen molar-refractivity contribution in [2.45, 2.75) is 0 Å². The first-order valence-electron chi connectivity index (χ1n) is 5.57. The van der Waals surface area contributed by atoms with Gasteiger partial charge >= 0.3 is 0 Å². The van der Waals surface area contributed by atoms with Crippen LogP contribution in [0.25, 0.3) is 0 Å². The van der Waals surface area contributed by atoms with E-state index in [2.05, 4.69) is 13.2 Å². The van der Waals surface area contributed by atoms with Crippen LogP contribution in [-0.2, 0) is 9.53 Å². The van der Waals surface area contributed by atoms with Crippen molar-refractivity contribution in [3.63, 3.8) is 0 Å². The summed E-state index contributed by atoms with van der Waals surface area (Å²) in [6.07, 6.45) is 3.60. The number of hydrogen-bond acceptors (Lipinski definition) is 3. The second-order valence-corrected chi connectivity index (χ2v) is 3.76. The maximum absolute atomic E-state index is 11.9. The molecule has 0 atom stereocenters. The molecule has 0 N–H and O–H groups in total. The molecule has 1 amide bonds. The Bertz CT molecular complexity index is 237. The van der Waals surface area contributed by atoms with E-state index in [1.807, 2.05) is 9.80 Å². The molecule has 1 heterocycles. The summed E-state index contributed by atoms with van der Waals surface area (Å²) in [7, 11) is 0. The molecule has 1 fully saturated rings. The van der Waals surface area contributed by atoms with Gasteiger partial charge in [-0.25, -0.2) is 0 Å². The molecular formula is C12H20N2O2. The van der Waals surface area contributed by atoms with Crippen molar-refractivity contribution in [3.05, 3.63) is 25.3 Å². The molecule has 1 saturated heterocycles. The van der Waals surface area contributed by atoms with Gasteiger partial charge in [0.25, 0.3) is 0 Å². The molecule has 0 aliphatic carbocycles. The van der Waals surface area contributed by atoms with Crippen LogP contribution in [0.2, 0.25) is 0 Å². The molecule has 4 nitrogen and oxygen atoms in total. The van der Waals surface area contributed by atoms with Crippen LogP contribution in [0.4, 0.5) is 0 Å². The molecule has 0 spiro atoms. The van der Waals surface area contributed by atoms with E-state index in [1.54, 1.807) is 12.2 Å². The van der Waals surface area contributed by atoms with Crippen molar-refractivity contribution in [2.24, 2.45) is 0 Å². The number of rotatable bonds is 6. The number of ether oxygens (including phenoxy) is 1. The summed E-state index contributed by atoms with van der Waals surface area (Å²) in [5, 5.41) is 0. The van der Waals surface area contributed by atoms with Crippen molar-refractivity contribution in [1.29, 1.82) is 0 Å². The number of hydrogen-bond donors (Lipinski definition) is 0.